The number of nitrogens with zero attached hydrogens (tertiary/aromatic N) is 1. The molecular weight excluding hydrogens is 318 g/mol. The first kappa shape index (κ1) is 17.6. The Morgan fingerprint density at radius 1 is 1.35 bits per heavy atom. The molecule has 1 amide bonds. The summed E-state index contributed by atoms with van der Waals surface area (Å²) in [7, 11) is 1.35. The molecule has 0 fully saturated rings. The van der Waals surface area contributed by atoms with Crippen molar-refractivity contribution in [3.63, 3.8) is 0 Å². The molecule has 0 radical (unpaired) electrons. The van der Waals surface area contributed by atoms with Gasteiger partial charge >= 0.3 is 12.1 Å². The molecule has 1 atom stereocenters. The molecule has 5 nitrogen and oxygen atoms in total. The molecule has 0 saturated carbocycles. The third-order valence-corrected chi connectivity index (χ3v) is 4.02. The molecule has 1 heterocycles. The van der Waals surface area contributed by atoms with Gasteiger partial charge in [0.1, 0.15) is 5.60 Å². The summed E-state index contributed by atoms with van der Waals surface area (Å²) in [5, 5.41) is 0.561. The second-order valence-corrected chi connectivity index (χ2v) is 7.48. The topological polar surface area (TPSA) is 55.8 Å². The van der Waals surface area contributed by atoms with Crippen molar-refractivity contribution in [3.05, 3.63) is 28.8 Å². The van der Waals surface area contributed by atoms with E-state index in [1.54, 1.807) is 23.1 Å². The molecule has 2 rings (SSSR count). The van der Waals surface area contributed by atoms with Gasteiger partial charge in [-0.25, -0.2) is 4.79 Å². The van der Waals surface area contributed by atoms with Crippen LogP contribution in [0.1, 0.15) is 39.7 Å². The van der Waals surface area contributed by atoms with Crippen molar-refractivity contribution >= 4 is 29.4 Å². The Morgan fingerprint density at radius 3 is 2.57 bits per heavy atom. The molecule has 0 spiro atoms. The van der Waals surface area contributed by atoms with Gasteiger partial charge in [-0.2, -0.15) is 0 Å². The first-order valence-corrected chi connectivity index (χ1v) is 7.81. The van der Waals surface area contributed by atoms with Crippen LogP contribution in [0.2, 0.25) is 5.02 Å². The van der Waals surface area contributed by atoms with Gasteiger partial charge in [0.25, 0.3) is 0 Å². The van der Waals surface area contributed by atoms with E-state index in [2.05, 4.69) is 0 Å². The van der Waals surface area contributed by atoms with Crippen molar-refractivity contribution in [2.75, 3.05) is 18.6 Å². The van der Waals surface area contributed by atoms with Crippen molar-refractivity contribution in [1.29, 1.82) is 0 Å². The molecule has 23 heavy (non-hydrogen) atoms. The third kappa shape index (κ3) is 3.78. The summed E-state index contributed by atoms with van der Waals surface area (Å²) >= 11 is 6.10. The Morgan fingerprint density at radius 2 is 2.00 bits per heavy atom. The van der Waals surface area contributed by atoms with E-state index in [1.165, 1.54) is 7.11 Å². The van der Waals surface area contributed by atoms with Gasteiger partial charge in [-0.1, -0.05) is 18.5 Å². The molecule has 0 saturated heterocycles. The van der Waals surface area contributed by atoms with E-state index in [9.17, 15) is 9.59 Å². The molecule has 1 aromatic rings. The van der Waals surface area contributed by atoms with Crippen LogP contribution in [0.3, 0.4) is 0 Å². The van der Waals surface area contributed by atoms with Gasteiger partial charge in [0, 0.05) is 17.0 Å². The van der Waals surface area contributed by atoms with E-state index in [4.69, 9.17) is 21.1 Å². The van der Waals surface area contributed by atoms with E-state index < -0.39 is 17.1 Å². The highest BCUT2D eigenvalue weighted by molar-refractivity contribution is 6.30. The SMILES string of the molecule is COC(=O)CC1(C)CN(C(=O)OC(C)(C)C)c2ccc(Cl)cc21. The second kappa shape index (κ2) is 6.04. The van der Waals surface area contributed by atoms with E-state index >= 15 is 0 Å². The Labute approximate surface area is 141 Å². The summed E-state index contributed by atoms with van der Waals surface area (Å²) in [5.74, 6) is -0.329. The average molecular weight is 340 g/mol. The van der Waals surface area contributed by atoms with E-state index in [1.807, 2.05) is 27.7 Å². The minimum absolute atomic E-state index is 0.163. The average Bonchev–Trinajstić information content (AvgIpc) is 2.70. The predicted octanol–water partition coefficient (Wildman–Crippen LogP) is 3.92. The summed E-state index contributed by atoms with van der Waals surface area (Å²) in [6.45, 7) is 7.71. The molecule has 1 aliphatic rings. The lowest BCUT2D eigenvalue weighted by molar-refractivity contribution is -0.141. The quantitative estimate of drug-likeness (QED) is 0.766. The number of benzene rings is 1. The Balaban J connectivity index is 2.39. The Hall–Kier alpha value is -1.75. The predicted molar refractivity (Wildman–Crippen MR) is 89.0 cm³/mol. The Kier molecular flexibility index (Phi) is 4.62. The smallest absolute Gasteiger partial charge is 0.414 e. The van der Waals surface area contributed by atoms with Crippen molar-refractivity contribution in [2.45, 2.75) is 45.1 Å². The number of carbonyl (C=O) groups excluding carboxylic acids is 2. The van der Waals surface area contributed by atoms with Gasteiger partial charge in [0.05, 0.1) is 19.2 Å². The lowest BCUT2D eigenvalue weighted by Gasteiger charge is -2.27. The highest BCUT2D eigenvalue weighted by Gasteiger charge is 2.44. The van der Waals surface area contributed by atoms with Gasteiger partial charge in [0.2, 0.25) is 0 Å². The fraction of sp³-hybridized carbons (Fsp3) is 0.529. The summed E-state index contributed by atoms with van der Waals surface area (Å²) in [4.78, 5) is 25.8. The standard InChI is InChI=1S/C17H22ClNO4/c1-16(2,3)23-15(21)19-10-17(4,9-14(20)22-5)12-8-11(18)6-7-13(12)19/h6-8H,9-10H2,1-5H3. The van der Waals surface area contributed by atoms with Gasteiger partial charge in [-0.05, 0) is 44.5 Å². The number of hydrogen-bond donors (Lipinski definition) is 0. The largest absolute Gasteiger partial charge is 0.469 e. The maximum absolute atomic E-state index is 12.5. The van der Waals surface area contributed by atoms with Crippen LogP contribution in [0.15, 0.2) is 18.2 Å². The van der Waals surface area contributed by atoms with E-state index in [-0.39, 0.29) is 12.4 Å². The highest BCUT2D eigenvalue weighted by Crippen LogP contribution is 2.44. The number of rotatable bonds is 2. The van der Waals surface area contributed by atoms with E-state index in [0.29, 0.717) is 11.6 Å². The van der Waals surface area contributed by atoms with Gasteiger partial charge in [-0.3, -0.25) is 9.69 Å². The number of methoxy groups -OCH3 is 1. The third-order valence-electron chi connectivity index (χ3n) is 3.78. The number of fused-ring (bicyclic) bond motifs is 1. The molecule has 1 aliphatic heterocycles. The van der Waals surface area contributed by atoms with Crippen LogP contribution in [-0.4, -0.2) is 31.3 Å². The molecular formula is C17H22ClNO4. The molecule has 0 aliphatic carbocycles. The van der Waals surface area contributed by atoms with Crippen molar-refractivity contribution in [1.82, 2.24) is 0 Å². The van der Waals surface area contributed by atoms with Crippen LogP contribution in [-0.2, 0) is 19.7 Å². The Bertz CT molecular complexity index is 638. The van der Waals surface area contributed by atoms with Crippen molar-refractivity contribution in [2.24, 2.45) is 0 Å². The lowest BCUT2D eigenvalue weighted by atomic mass is 9.81. The minimum atomic E-state index is -0.592. The molecule has 1 aromatic carbocycles. The number of esters is 1. The van der Waals surface area contributed by atoms with Crippen LogP contribution in [0.25, 0.3) is 0 Å². The van der Waals surface area contributed by atoms with Crippen LogP contribution in [0.4, 0.5) is 10.5 Å². The van der Waals surface area contributed by atoms with Crippen molar-refractivity contribution < 1.29 is 19.1 Å². The van der Waals surface area contributed by atoms with Crippen LogP contribution < -0.4 is 4.90 Å². The molecule has 0 aromatic heterocycles. The first-order valence-electron chi connectivity index (χ1n) is 7.43. The molecule has 1 unspecified atom stereocenters. The zero-order valence-corrected chi connectivity index (χ0v) is 14.9. The minimum Gasteiger partial charge on any atom is -0.469 e. The fourth-order valence-corrected chi connectivity index (χ4v) is 2.94. The van der Waals surface area contributed by atoms with Crippen LogP contribution in [0.5, 0.6) is 0 Å². The maximum atomic E-state index is 12.5. The lowest BCUT2D eigenvalue weighted by Crippen LogP contribution is -2.40. The summed E-state index contributed by atoms with van der Waals surface area (Å²) < 4.78 is 10.3. The van der Waals surface area contributed by atoms with Crippen molar-refractivity contribution in [3.8, 4) is 0 Å². The maximum Gasteiger partial charge on any atom is 0.414 e. The molecule has 6 heteroatoms. The number of amides is 1. The van der Waals surface area contributed by atoms with Gasteiger partial charge in [0.15, 0.2) is 0 Å². The van der Waals surface area contributed by atoms with Gasteiger partial charge in [-0.15, -0.1) is 0 Å². The second-order valence-electron chi connectivity index (χ2n) is 7.04. The summed E-state index contributed by atoms with van der Waals surface area (Å²) in [6, 6.07) is 5.30. The zero-order valence-electron chi connectivity index (χ0n) is 14.1. The number of ether oxygens (including phenoxy) is 2. The number of anilines is 1. The highest BCUT2D eigenvalue weighted by atomic mass is 35.5. The number of halogens is 1. The first-order chi connectivity index (χ1) is 10.6. The summed E-state index contributed by atoms with van der Waals surface area (Å²) in [5.41, 5.74) is 0.409. The number of hydrogen-bond acceptors (Lipinski definition) is 4. The molecule has 126 valence electrons. The van der Waals surface area contributed by atoms with Crippen LogP contribution >= 0.6 is 11.6 Å². The van der Waals surface area contributed by atoms with Crippen LogP contribution in [0, 0.1) is 0 Å². The monoisotopic (exact) mass is 339 g/mol. The van der Waals surface area contributed by atoms with Gasteiger partial charge < -0.3 is 9.47 Å². The molecule has 0 N–H and O–H groups in total. The van der Waals surface area contributed by atoms with E-state index in [0.717, 1.165) is 11.3 Å². The number of carbonyl (C=O) groups is 2. The zero-order chi connectivity index (χ0) is 17.4. The fourth-order valence-electron chi connectivity index (χ4n) is 2.77. The molecule has 0 bridgehead atoms. The summed E-state index contributed by atoms with van der Waals surface area (Å²) in [6.07, 6.45) is -0.273. The normalized spacial score (nSPS) is 20.2.